The largest absolute Gasteiger partial charge is 0.468 e. The normalized spacial score (nSPS) is 15.8. The highest BCUT2D eigenvalue weighted by atomic mass is 32.2. The van der Waals surface area contributed by atoms with E-state index in [0.29, 0.717) is 5.16 Å². The zero-order valence-corrected chi connectivity index (χ0v) is 9.94. The van der Waals surface area contributed by atoms with Gasteiger partial charge in [0.2, 0.25) is 5.16 Å². The third-order valence-corrected chi connectivity index (χ3v) is 3.87. The van der Waals surface area contributed by atoms with E-state index in [-0.39, 0.29) is 12.5 Å². The molecular formula is C9H14N4O2S. The Morgan fingerprint density at radius 3 is 3.06 bits per heavy atom. The quantitative estimate of drug-likeness (QED) is 0.560. The van der Waals surface area contributed by atoms with Crippen LogP contribution in [0.4, 0.5) is 0 Å². The van der Waals surface area contributed by atoms with Crippen LogP contribution in [0.5, 0.6) is 0 Å². The van der Waals surface area contributed by atoms with E-state index >= 15 is 0 Å². The third-order valence-electron chi connectivity index (χ3n) is 2.68. The van der Waals surface area contributed by atoms with Crippen LogP contribution < -0.4 is 0 Å². The van der Waals surface area contributed by atoms with Gasteiger partial charge in [-0.15, -0.1) is 5.10 Å². The molecule has 0 bridgehead atoms. The predicted molar refractivity (Wildman–Crippen MR) is 57.9 cm³/mol. The number of carbonyl (C=O) groups is 1. The molecule has 0 amide bonds. The first-order valence-electron chi connectivity index (χ1n) is 5.25. The SMILES string of the molecule is COC(=O)Cn1nnnc1SCC1CCC1. The van der Waals surface area contributed by atoms with Crippen LogP contribution in [0.1, 0.15) is 19.3 Å². The minimum Gasteiger partial charge on any atom is -0.468 e. The number of tetrazole rings is 1. The second-order valence-electron chi connectivity index (χ2n) is 3.80. The molecule has 0 aromatic carbocycles. The Balaban J connectivity index is 1.87. The molecule has 1 aliphatic rings. The molecule has 1 heterocycles. The highest BCUT2D eigenvalue weighted by Crippen LogP contribution is 2.31. The van der Waals surface area contributed by atoms with Crippen LogP contribution in [-0.4, -0.2) is 39.0 Å². The Labute approximate surface area is 97.7 Å². The van der Waals surface area contributed by atoms with Crippen LogP contribution in [0, 0.1) is 5.92 Å². The van der Waals surface area contributed by atoms with Crippen LogP contribution in [0.2, 0.25) is 0 Å². The fraction of sp³-hybridized carbons (Fsp3) is 0.778. The van der Waals surface area contributed by atoms with Crippen molar-refractivity contribution in [2.75, 3.05) is 12.9 Å². The predicted octanol–water partition coefficient (Wildman–Crippen LogP) is 0.738. The van der Waals surface area contributed by atoms with E-state index in [4.69, 9.17) is 0 Å². The molecule has 1 fully saturated rings. The molecule has 1 saturated carbocycles. The second-order valence-corrected chi connectivity index (χ2v) is 4.79. The summed E-state index contributed by atoms with van der Waals surface area (Å²) in [5.41, 5.74) is 0. The number of carbonyl (C=O) groups excluding carboxylic acids is 1. The summed E-state index contributed by atoms with van der Waals surface area (Å²) in [6, 6.07) is 0. The molecular weight excluding hydrogens is 228 g/mol. The van der Waals surface area contributed by atoms with Crippen molar-refractivity contribution in [3.8, 4) is 0 Å². The van der Waals surface area contributed by atoms with Crippen molar-refractivity contribution in [3.05, 3.63) is 0 Å². The first-order valence-corrected chi connectivity index (χ1v) is 6.24. The summed E-state index contributed by atoms with van der Waals surface area (Å²) in [6.45, 7) is 0.0799. The summed E-state index contributed by atoms with van der Waals surface area (Å²) in [5, 5.41) is 11.9. The molecule has 0 atom stereocenters. The van der Waals surface area contributed by atoms with Gasteiger partial charge in [0.05, 0.1) is 7.11 Å². The van der Waals surface area contributed by atoms with Crippen molar-refractivity contribution in [2.24, 2.45) is 5.92 Å². The van der Waals surface area contributed by atoms with E-state index in [2.05, 4.69) is 20.3 Å². The minimum atomic E-state index is -0.335. The molecule has 0 unspecified atom stereocenters. The van der Waals surface area contributed by atoms with Crippen LogP contribution in [-0.2, 0) is 16.1 Å². The van der Waals surface area contributed by atoms with Gasteiger partial charge in [-0.2, -0.15) is 0 Å². The van der Waals surface area contributed by atoms with Gasteiger partial charge in [0.25, 0.3) is 0 Å². The Morgan fingerprint density at radius 2 is 2.44 bits per heavy atom. The van der Waals surface area contributed by atoms with Gasteiger partial charge in [0.1, 0.15) is 6.54 Å². The summed E-state index contributed by atoms with van der Waals surface area (Å²) in [6.07, 6.45) is 3.93. The first-order chi connectivity index (χ1) is 7.79. The Bertz CT molecular complexity index is 364. The molecule has 0 spiro atoms. The van der Waals surface area contributed by atoms with Gasteiger partial charge in [-0.3, -0.25) is 4.79 Å². The van der Waals surface area contributed by atoms with Crippen molar-refractivity contribution >= 4 is 17.7 Å². The summed E-state index contributed by atoms with van der Waals surface area (Å²) >= 11 is 1.61. The van der Waals surface area contributed by atoms with E-state index in [9.17, 15) is 4.79 Å². The van der Waals surface area contributed by atoms with Crippen molar-refractivity contribution in [3.63, 3.8) is 0 Å². The van der Waals surface area contributed by atoms with E-state index in [1.165, 1.54) is 31.1 Å². The van der Waals surface area contributed by atoms with E-state index in [1.54, 1.807) is 11.8 Å². The van der Waals surface area contributed by atoms with E-state index in [1.807, 2.05) is 0 Å². The van der Waals surface area contributed by atoms with Crippen LogP contribution >= 0.6 is 11.8 Å². The molecule has 7 heteroatoms. The maximum Gasteiger partial charge on any atom is 0.327 e. The standard InChI is InChI=1S/C9H14N4O2S/c1-15-8(14)5-13-9(10-11-12-13)16-6-7-3-2-4-7/h7H,2-6H2,1H3. The van der Waals surface area contributed by atoms with Gasteiger partial charge in [-0.1, -0.05) is 18.2 Å². The van der Waals surface area contributed by atoms with Gasteiger partial charge in [0, 0.05) is 5.75 Å². The molecule has 2 rings (SSSR count). The molecule has 0 N–H and O–H groups in total. The first kappa shape index (κ1) is 11.4. The summed E-state index contributed by atoms with van der Waals surface area (Å²) in [4.78, 5) is 11.1. The number of hydrogen-bond acceptors (Lipinski definition) is 6. The number of thioether (sulfide) groups is 1. The number of methoxy groups -OCH3 is 1. The number of ether oxygens (including phenoxy) is 1. The smallest absolute Gasteiger partial charge is 0.327 e. The van der Waals surface area contributed by atoms with Crippen molar-refractivity contribution < 1.29 is 9.53 Å². The molecule has 16 heavy (non-hydrogen) atoms. The van der Waals surface area contributed by atoms with Gasteiger partial charge in [-0.25, -0.2) is 4.68 Å². The number of nitrogens with zero attached hydrogens (tertiary/aromatic N) is 4. The van der Waals surface area contributed by atoms with Gasteiger partial charge >= 0.3 is 5.97 Å². The molecule has 1 aromatic heterocycles. The van der Waals surface area contributed by atoms with Gasteiger partial charge < -0.3 is 4.74 Å². The summed E-state index contributed by atoms with van der Waals surface area (Å²) < 4.78 is 6.05. The van der Waals surface area contributed by atoms with Crippen molar-refractivity contribution in [2.45, 2.75) is 31.0 Å². The molecule has 0 radical (unpaired) electrons. The average molecular weight is 242 g/mol. The third kappa shape index (κ3) is 2.72. The number of aromatic nitrogens is 4. The van der Waals surface area contributed by atoms with E-state index < -0.39 is 0 Å². The monoisotopic (exact) mass is 242 g/mol. The lowest BCUT2D eigenvalue weighted by atomic mass is 9.87. The lowest BCUT2D eigenvalue weighted by Crippen LogP contribution is -2.16. The minimum absolute atomic E-state index is 0.0799. The number of esters is 1. The van der Waals surface area contributed by atoms with Crippen molar-refractivity contribution in [1.29, 1.82) is 0 Å². The molecule has 88 valence electrons. The van der Waals surface area contributed by atoms with Crippen LogP contribution in [0.15, 0.2) is 5.16 Å². The zero-order chi connectivity index (χ0) is 11.4. The fourth-order valence-corrected chi connectivity index (χ4v) is 2.50. The summed E-state index contributed by atoms with van der Waals surface area (Å²) in [5.74, 6) is 1.48. The Kier molecular flexibility index (Phi) is 3.76. The van der Waals surface area contributed by atoms with Gasteiger partial charge in [-0.05, 0) is 29.2 Å². The second kappa shape index (κ2) is 5.29. The maximum absolute atomic E-state index is 11.1. The Hall–Kier alpha value is -1.11. The van der Waals surface area contributed by atoms with Crippen molar-refractivity contribution in [1.82, 2.24) is 20.2 Å². The lowest BCUT2D eigenvalue weighted by molar-refractivity contribution is -0.141. The molecule has 1 aromatic rings. The fourth-order valence-electron chi connectivity index (χ4n) is 1.44. The lowest BCUT2D eigenvalue weighted by Gasteiger charge is -2.24. The number of hydrogen-bond donors (Lipinski definition) is 0. The molecule has 0 aliphatic heterocycles. The van der Waals surface area contributed by atoms with Crippen LogP contribution in [0.25, 0.3) is 0 Å². The highest BCUT2D eigenvalue weighted by Gasteiger charge is 2.19. The maximum atomic E-state index is 11.1. The average Bonchev–Trinajstić information content (AvgIpc) is 2.63. The molecule has 6 nitrogen and oxygen atoms in total. The van der Waals surface area contributed by atoms with E-state index in [0.717, 1.165) is 11.7 Å². The Morgan fingerprint density at radius 1 is 1.62 bits per heavy atom. The highest BCUT2D eigenvalue weighted by molar-refractivity contribution is 7.99. The molecule has 1 aliphatic carbocycles. The topological polar surface area (TPSA) is 69.9 Å². The van der Waals surface area contributed by atoms with Crippen LogP contribution in [0.3, 0.4) is 0 Å². The summed E-state index contributed by atoms with van der Waals surface area (Å²) in [7, 11) is 1.36. The zero-order valence-electron chi connectivity index (χ0n) is 9.13. The number of rotatable bonds is 5. The molecule has 0 saturated heterocycles. The van der Waals surface area contributed by atoms with Gasteiger partial charge in [0.15, 0.2) is 0 Å².